The fourth-order valence-electron chi connectivity index (χ4n) is 1.58. The molecule has 0 radical (unpaired) electrons. The summed E-state index contributed by atoms with van der Waals surface area (Å²) in [6.45, 7) is 2.86. The van der Waals surface area contributed by atoms with Crippen molar-refractivity contribution in [2.45, 2.75) is 24.7 Å². The van der Waals surface area contributed by atoms with E-state index in [1.54, 1.807) is 11.8 Å². The van der Waals surface area contributed by atoms with Crippen LogP contribution >= 0.6 is 23.4 Å². The van der Waals surface area contributed by atoms with Gasteiger partial charge in [-0.2, -0.15) is 0 Å². The van der Waals surface area contributed by atoms with Gasteiger partial charge < -0.3 is 5.32 Å². The topological polar surface area (TPSA) is 29.1 Å². The van der Waals surface area contributed by atoms with Crippen molar-refractivity contribution in [1.82, 2.24) is 5.32 Å². The van der Waals surface area contributed by atoms with E-state index in [0.29, 0.717) is 17.6 Å². The molecule has 0 spiro atoms. The van der Waals surface area contributed by atoms with Crippen LogP contribution in [0, 0.1) is 5.92 Å². The molecule has 0 aromatic heterocycles. The highest BCUT2D eigenvalue weighted by atomic mass is 35.5. The van der Waals surface area contributed by atoms with Gasteiger partial charge in [0, 0.05) is 17.3 Å². The molecule has 0 heterocycles. The molecule has 0 saturated carbocycles. The highest BCUT2D eigenvalue weighted by Crippen LogP contribution is 2.16. The van der Waals surface area contributed by atoms with Crippen LogP contribution in [0.3, 0.4) is 0 Å². The van der Waals surface area contributed by atoms with Gasteiger partial charge in [-0.1, -0.05) is 31.5 Å². The van der Waals surface area contributed by atoms with E-state index < -0.39 is 0 Å². The van der Waals surface area contributed by atoms with Gasteiger partial charge in [-0.05, 0) is 24.5 Å². The van der Waals surface area contributed by atoms with Crippen molar-refractivity contribution in [1.29, 1.82) is 0 Å². The van der Waals surface area contributed by atoms with E-state index in [9.17, 15) is 4.79 Å². The Morgan fingerprint density at radius 3 is 2.72 bits per heavy atom. The molecule has 1 unspecified atom stereocenters. The molecule has 1 amide bonds. The molecule has 1 rings (SSSR count). The lowest BCUT2D eigenvalue weighted by atomic mass is 10.0. The van der Waals surface area contributed by atoms with Crippen molar-refractivity contribution in [3.8, 4) is 0 Å². The highest BCUT2D eigenvalue weighted by molar-refractivity contribution is 8.00. The Morgan fingerprint density at radius 2 is 2.11 bits per heavy atom. The van der Waals surface area contributed by atoms with Crippen LogP contribution in [0.2, 0.25) is 0 Å². The fourth-order valence-corrected chi connectivity index (χ4v) is 2.64. The lowest BCUT2D eigenvalue weighted by molar-refractivity contribution is -0.118. The molecule has 1 atom stereocenters. The second-order valence-electron chi connectivity index (χ2n) is 4.16. The standard InChI is InChI=1S/C14H20ClNOS/c1-2-12(8-9-15)10-16-14(17)11-18-13-6-4-3-5-7-13/h3-7,12H,2,8-11H2,1H3,(H,16,17). The minimum absolute atomic E-state index is 0.0943. The van der Waals surface area contributed by atoms with Gasteiger partial charge >= 0.3 is 0 Å². The molecule has 0 saturated heterocycles. The quantitative estimate of drug-likeness (QED) is 0.585. The second kappa shape index (κ2) is 9.29. The smallest absolute Gasteiger partial charge is 0.230 e. The summed E-state index contributed by atoms with van der Waals surface area (Å²) >= 11 is 7.28. The fraction of sp³-hybridized carbons (Fsp3) is 0.500. The largest absolute Gasteiger partial charge is 0.355 e. The molecule has 0 aliphatic heterocycles. The molecule has 100 valence electrons. The van der Waals surface area contributed by atoms with Crippen molar-refractivity contribution >= 4 is 29.3 Å². The maximum Gasteiger partial charge on any atom is 0.230 e. The Bertz CT molecular complexity index is 345. The first-order valence-electron chi connectivity index (χ1n) is 6.26. The molecular formula is C14H20ClNOS. The van der Waals surface area contributed by atoms with E-state index >= 15 is 0 Å². The van der Waals surface area contributed by atoms with Gasteiger partial charge in [0.2, 0.25) is 5.91 Å². The van der Waals surface area contributed by atoms with Crippen LogP contribution in [0.5, 0.6) is 0 Å². The van der Waals surface area contributed by atoms with Gasteiger partial charge in [0.15, 0.2) is 0 Å². The van der Waals surface area contributed by atoms with Crippen LogP contribution in [0.25, 0.3) is 0 Å². The molecule has 1 N–H and O–H groups in total. The SMILES string of the molecule is CCC(CCCl)CNC(=O)CSc1ccccc1. The Morgan fingerprint density at radius 1 is 1.39 bits per heavy atom. The average molecular weight is 286 g/mol. The van der Waals surface area contributed by atoms with Gasteiger partial charge in [-0.3, -0.25) is 4.79 Å². The van der Waals surface area contributed by atoms with Crippen molar-refractivity contribution in [2.75, 3.05) is 18.2 Å². The zero-order valence-corrected chi connectivity index (χ0v) is 12.3. The van der Waals surface area contributed by atoms with Crippen LogP contribution < -0.4 is 5.32 Å². The van der Waals surface area contributed by atoms with Gasteiger partial charge in [0.05, 0.1) is 5.75 Å². The third kappa shape index (κ3) is 6.31. The molecule has 4 heteroatoms. The maximum absolute atomic E-state index is 11.7. The molecule has 0 bridgehead atoms. The normalized spacial score (nSPS) is 12.1. The molecule has 1 aromatic carbocycles. The predicted molar refractivity (Wildman–Crippen MR) is 79.3 cm³/mol. The number of alkyl halides is 1. The van der Waals surface area contributed by atoms with Crippen molar-refractivity contribution in [3.05, 3.63) is 30.3 Å². The van der Waals surface area contributed by atoms with Gasteiger partial charge in [-0.15, -0.1) is 23.4 Å². The van der Waals surface area contributed by atoms with E-state index in [4.69, 9.17) is 11.6 Å². The summed E-state index contributed by atoms with van der Waals surface area (Å²) in [5.74, 6) is 1.72. The first kappa shape index (κ1) is 15.4. The highest BCUT2D eigenvalue weighted by Gasteiger charge is 2.08. The predicted octanol–water partition coefficient (Wildman–Crippen LogP) is 3.55. The Labute approximate surface area is 118 Å². The summed E-state index contributed by atoms with van der Waals surface area (Å²) in [5, 5.41) is 2.97. The number of carbonyl (C=O) groups is 1. The summed E-state index contributed by atoms with van der Waals surface area (Å²) in [6.07, 6.45) is 2.02. The number of halogens is 1. The monoisotopic (exact) mass is 285 g/mol. The Hall–Kier alpha value is -0.670. The van der Waals surface area contributed by atoms with Crippen molar-refractivity contribution in [2.24, 2.45) is 5.92 Å². The third-order valence-electron chi connectivity index (χ3n) is 2.80. The first-order valence-corrected chi connectivity index (χ1v) is 7.78. The summed E-state index contributed by atoms with van der Waals surface area (Å²) in [5.41, 5.74) is 0. The zero-order valence-electron chi connectivity index (χ0n) is 10.7. The number of carbonyl (C=O) groups excluding carboxylic acids is 1. The number of thioether (sulfide) groups is 1. The minimum atomic E-state index is 0.0943. The Kier molecular flexibility index (Phi) is 7.94. The van der Waals surface area contributed by atoms with Crippen molar-refractivity contribution in [3.63, 3.8) is 0 Å². The molecule has 1 aromatic rings. The van der Waals surface area contributed by atoms with Gasteiger partial charge in [-0.25, -0.2) is 0 Å². The van der Waals surface area contributed by atoms with E-state index in [-0.39, 0.29) is 5.91 Å². The lowest BCUT2D eigenvalue weighted by Crippen LogP contribution is -2.30. The number of benzene rings is 1. The number of amides is 1. The number of nitrogens with one attached hydrogen (secondary N) is 1. The molecule has 2 nitrogen and oxygen atoms in total. The average Bonchev–Trinajstić information content (AvgIpc) is 2.42. The molecule has 0 aliphatic carbocycles. The molecular weight excluding hydrogens is 266 g/mol. The van der Waals surface area contributed by atoms with Gasteiger partial charge in [0.25, 0.3) is 0 Å². The van der Waals surface area contributed by atoms with E-state index in [1.807, 2.05) is 30.3 Å². The zero-order chi connectivity index (χ0) is 13.2. The van der Waals surface area contributed by atoms with Crippen LogP contribution in [0.4, 0.5) is 0 Å². The number of hydrogen-bond acceptors (Lipinski definition) is 2. The maximum atomic E-state index is 11.7. The third-order valence-corrected chi connectivity index (χ3v) is 4.03. The molecule has 0 aliphatic rings. The van der Waals surface area contributed by atoms with Crippen LogP contribution in [0.1, 0.15) is 19.8 Å². The molecule has 18 heavy (non-hydrogen) atoms. The molecule has 0 fully saturated rings. The van der Waals surface area contributed by atoms with E-state index in [2.05, 4.69) is 12.2 Å². The minimum Gasteiger partial charge on any atom is -0.355 e. The van der Waals surface area contributed by atoms with Crippen molar-refractivity contribution < 1.29 is 4.79 Å². The summed E-state index contributed by atoms with van der Waals surface area (Å²) in [4.78, 5) is 12.8. The van der Waals surface area contributed by atoms with Crippen LogP contribution in [-0.4, -0.2) is 24.1 Å². The van der Waals surface area contributed by atoms with Gasteiger partial charge in [0.1, 0.15) is 0 Å². The van der Waals surface area contributed by atoms with Crippen LogP contribution in [0.15, 0.2) is 35.2 Å². The summed E-state index contributed by atoms with van der Waals surface area (Å²) in [6, 6.07) is 9.96. The summed E-state index contributed by atoms with van der Waals surface area (Å²) < 4.78 is 0. The first-order chi connectivity index (χ1) is 8.76. The van der Waals surface area contributed by atoms with E-state index in [0.717, 1.165) is 24.3 Å². The summed E-state index contributed by atoms with van der Waals surface area (Å²) in [7, 11) is 0. The van der Waals surface area contributed by atoms with Crippen LogP contribution in [-0.2, 0) is 4.79 Å². The Balaban J connectivity index is 2.21. The lowest BCUT2D eigenvalue weighted by Gasteiger charge is -2.14. The second-order valence-corrected chi connectivity index (χ2v) is 5.58. The van der Waals surface area contributed by atoms with E-state index in [1.165, 1.54) is 0 Å². The number of hydrogen-bond donors (Lipinski definition) is 1. The number of rotatable bonds is 8.